The Kier molecular flexibility index (Phi) is 3.39. The van der Waals surface area contributed by atoms with Crippen LogP contribution in [0.3, 0.4) is 0 Å². The van der Waals surface area contributed by atoms with Crippen molar-refractivity contribution in [1.29, 1.82) is 0 Å². The number of anilines is 2. The molecule has 0 unspecified atom stereocenters. The lowest BCUT2D eigenvalue weighted by Crippen LogP contribution is -2.05. The Hall–Kier alpha value is -1.88. The number of nitrogens with two attached hydrogens (primary N) is 1. The first kappa shape index (κ1) is 11.6. The third kappa shape index (κ3) is 3.04. The largest absolute Gasteiger partial charge is 0.394 e. The smallest absolute Gasteiger partial charge is 0.224 e. The molecule has 0 spiro atoms. The van der Waals surface area contributed by atoms with Crippen LogP contribution < -0.4 is 11.1 Å². The highest BCUT2D eigenvalue weighted by Gasteiger charge is 2.02. The quantitative estimate of drug-likeness (QED) is 0.824. The second kappa shape index (κ2) is 4.97. The van der Waals surface area contributed by atoms with Crippen molar-refractivity contribution in [1.82, 2.24) is 9.97 Å². The van der Waals surface area contributed by atoms with Gasteiger partial charge in [-0.25, -0.2) is 9.37 Å². The minimum Gasteiger partial charge on any atom is -0.394 e. The summed E-state index contributed by atoms with van der Waals surface area (Å²) in [5.41, 5.74) is 7.00. The number of benzene rings is 1. The van der Waals surface area contributed by atoms with Gasteiger partial charge in [0.15, 0.2) is 5.82 Å². The summed E-state index contributed by atoms with van der Waals surface area (Å²) in [5.74, 6) is 0.202. The summed E-state index contributed by atoms with van der Waals surface area (Å²) in [6, 6.07) is 6.16. The van der Waals surface area contributed by atoms with E-state index in [2.05, 4.69) is 15.3 Å². The predicted molar refractivity (Wildman–Crippen MR) is 65.2 cm³/mol. The molecule has 0 radical (unpaired) electrons. The Labute approximate surface area is 103 Å². The summed E-state index contributed by atoms with van der Waals surface area (Å²) in [4.78, 5) is 7.70. The third-order valence-corrected chi connectivity index (χ3v) is 2.34. The Bertz CT molecular complexity index is 515. The lowest BCUT2D eigenvalue weighted by atomic mass is 10.2. The molecule has 1 aromatic heterocycles. The van der Waals surface area contributed by atoms with Gasteiger partial charge in [0.05, 0.1) is 11.9 Å². The van der Waals surface area contributed by atoms with Gasteiger partial charge in [-0.3, -0.25) is 0 Å². The summed E-state index contributed by atoms with van der Waals surface area (Å²) >= 11 is 5.65. The zero-order valence-corrected chi connectivity index (χ0v) is 9.58. The van der Waals surface area contributed by atoms with E-state index in [0.717, 1.165) is 5.56 Å². The van der Waals surface area contributed by atoms with E-state index >= 15 is 0 Å². The summed E-state index contributed by atoms with van der Waals surface area (Å²) in [6.45, 7) is 0.484. The van der Waals surface area contributed by atoms with Crippen molar-refractivity contribution >= 4 is 23.1 Å². The van der Waals surface area contributed by atoms with Gasteiger partial charge >= 0.3 is 0 Å². The molecule has 0 saturated carbocycles. The SMILES string of the molecule is Nc1cnc(Cl)nc1NCc1ccc(F)cc1. The molecule has 0 aliphatic rings. The van der Waals surface area contributed by atoms with Crippen LogP contribution >= 0.6 is 11.6 Å². The number of halogens is 2. The standard InChI is InChI=1S/C11H10ClFN4/c12-11-16-6-9(14)10(17-11)15-5-7-1-3-8(13)4-2-7/h1-4,6H,5,14H2,(H,15,16,17). The highest BCUT2D eigenvalue weighted by atomic mass is 35.5. The van der Waals surface area contributed by atoms with E-state index in [-0.39, 0.29) is 11.1 Å². The third-order valence-electron chi connectivity index (χ3n) is 2.16. The van der Waals surface area contributed by atoms with Crippen LogP contribution in [0.4, 0.5) is 15.9 Å². The second-order valence-electron chi connectivity index (χ2n) is 3.42. The van der Waals surface area contributed by atoms with Crippen molar-refractivity contribution < 1.29 is 4.39 Å². The van der Waals surface area contributed by atoms with E-state index in [1.54, 1.807) is 12.1 Å². The van der Waals surface area contributed by atoms with Crippen molar-refractivity contribution in [2.24, 2.45) is 0 Å². The minimum atomic E-state index is -0.265. The summed E-state index contributed by atoms with van der Waals surface area (Å²) in [5, 5.41) is 3.13. The molecule has 1 aromatic carbocycles. The Balaban J connectivity index is 2.07. The van der Waals surface area contributed by atoms with Crippen LogP contribution in [-0.4, -0.2) is 9.97 Å². The number of nitrogen functional groups attached to an aromatic ring is 1. The maximum Gasteiger partial charge on any atom is 0.224 e. The molecule has 0 saturated heterocycles. The molecule has 0 atom stereocenters. The van der Waals surface area contributed by atoms with Crippen LogP contribution in [0.15, 0.2) is 30.5 Å². The van der Waals surface area contributed by atoms with Gasteiger partial charge in [-0.1, -0.05) is 12.1 Å². The molecule has 0 bridgehead atoms. The van der Waals surface area contributed by atoms with Crippen molar-refractivity contribution in [3.63, 3.8) is 0 Å². The number of hydrogen-bond donors (Lipinski definition) is 2. The van der Waals surface area contributed by atoms with E-state index in [4.69, 9.17) is 17.3 Å². The van der Waals surface area contributed by atoms with Crippen LogP contribution in [0.25, 0.3) is 0 Å². The maximum atomic E-state index is 12.7. The van der Waals surface area contributed by atoms with Gasteiger partial charge in [0.1, 0.15) is 5.82 Å². The fraction of sp³-hybridized carbons (Fsp3) is 0.0909. The van der Waals surface area contributed by atoms with Gasteiger partial charge in [-0.15, -0.1) is 0 Å². The molecular weight excluding hydrogens is 243 g/mol. The second-order valence-corrected chi connectivity index (χ2v) is 3.76. The zero-order valence-electron chi connectivity index (χ0n) is 8.82. The van der Waals surface area contributed by atoms with Gasteiger partial charge in [-0.05, 0) is 29.3 Å². The van der Waals surface area contributed by atoms with Gasteiger partial charge in [-0.2, -0.15) is 4.98 Å². The Morgan fingerprint density at radius 3 is 2.71 bits per heavy atom. The molecule has 1 heterocycles. The lowest BCUT2D eigenvalue weighted by Gasteiger charge is -2.07. The first-order valence-corrected chi connectivity index (χ1v) is 5.29. The zero-order chi connectivity index (χ0) is 12.3. The topological polar surface area (TPSA) is 63.8 Å². The molecular formula is C11H10ClFN4. The summed E-state index contributed by atoms with van der Waals surface area (Å²) in [6.07, 6.45) is 1.43. The fourth-order valence-electron chi connectivity index (χ4n) is 1.30. The van der Waals surface area contributed by atoms with E-state index < -0.39 is 0 Å². The van der Waals surface area contributed by atoms with E-state index in [1.807, 2.05) is 0 Å². The molecule has 0 fully saturated rings. The van der Waals surface area contributed by atoms with Crippen LogP contribution in [0, 0.1) is 5.82 Å². The van der Waals surface area contributed by atoms with Gasteiger partial charge in [0.25, 0.3) is 0 Å². The maximum absolute atomic E-state index is 12.7. The number of rotatable bonds is 3. The van der Waals surface area contributed by atoms with Crippen molar-refractivity contribution in [3.8, 4) is 0 Å². The summed E-state index contributed by atoms with van der Waals surface area (Å²) in [7, 11) is 0. The molecule has 88 valence electrons. The van der Waals surface area contributed by atoms with Gasteiger partial charge in [0.2, 0.25) is 5.28 Å². The fourth-order valence-corrected chi connectivity index (χ4v) is 1.43. The molecule has 0 aliphatic carbocycles. The molecule has 2 aromatic rings. The normalized spacial score (nSPS) is 10.2. The number of nitrogens with one attached hydrogen (secondary N) is 1. The molecule has 6 heteroatoms. The first-order valence-electron chi connectivity index (χ1n) is 4.91. The molecule has 3 N–H and O–H groups in total. The highest BCUT2D eigenvalue weighted by Crippen LogP contribution is 2.16. The van der Waals surface area contributed by atoms with Crippen LogP contribution in [0.5, 0.6) is 0 Å². The average Bonchev–Trinajstić information content (AvgIpc) is 2.32. The Morgan fingerprint density at radius 2 is 2.00 bits per heavy atom. The van der Waals surface area contributed by atoms with E-state index in [1.165, 1.54) is 18.3 Å². The lowest BCUT2D eigenvalue weighted by molar-refractivity contribution is 0.627. The number of aromatic nitrogens is 2. The van der Waals surface area contributed by atoms with Crippen molar-refractivity contribution in [2.45, 2.75) is 6.54 Å². The van der Waals surface area contributed by atoms with Crippen LogP contribution in [-0.2, 0) is 6.54 Å². The molecule has 17 heavy (non-hydrogen) atoms. The molecule has 0 amide bonds. The Morgan fingerprint density at radius 1 is 1.29 bits per heavy atom. The molecule has 4 nitrogen and oxygen atoms in total. The van der Waals surface area contributed by atoms with E-state index in [9.17, 15) is 4.39 Å². The van der Waals surface area contributed by atoms with E-state index in [0.29, 0.717) is 18.1 Å². The average molecular weight is 253 g/mol. The predicted octanol–water partition coefficient (Wildman–Crippen LogP) is 2.46. The monoisotopic (exact) mass is 252 g/mol. The van der Waals surface area contributed by atoms with Crippen molar-refractivity contribution in [2.75, 3.05) is 11.1 Å². The molecule has 0 aliphatic heterocycles. The number of hydrogen-bond acceptors (Lipinski definition) is 4. The van der Waals surface area contributed by atoms with Crippen LogP contribution in [0.2, 0.25) is 5.28 Å². The highest BCUT2D eigenvalue weighted by molar-refractivity contribution is 6.28. The van der Waals surface area contributed by atoms with Gasteiger partial charge in [0, 0.05) is 6.54 Å². The first-order chi connectivity index (χ1) is 8.15. The van der Waals surface area contributed by atoms with Crippen molar-refractivity contribution in [3.05, 3.63) is 47.1 Å². The van der Waals surface area contributed by atoms with Crippen LogP contribution in [0.1, 0.15) is 5.56 Å². The van der Waals surface area contributed by atoms with Gasteiger partial charge < -0.3 is 11.1 Å². The molecule has 2 rings (SSSR count). The minimum absolute atomic E-state index is 0.126. The number of nitrogens with zero attached hydrogens (tertiary/aromatic N) is 2. The summed E-state index contributed by atoms with van der Waals surface area (Å²) < 4.78 is 12.7.